The molecular weight excluding hydrogens is 789 g/mol. The fourth-order valence-electron chi connectivity index (χ4n) is 6.18. The summed E-state index contributed by atoms with van der Waals surface area (Å²) in [7, 11) is 6.58. The fraction of sp³-hybridized carbons (Fsp3) is 0.291. The lowest BCUT2D eigenvalue weighted by atomic mass is 10.0. The molecule has 6 rings (SSSR count). The van der Waals surface area contributed by atoms with Crippen LogP contribution in [0.5, 0.6) is 28.7 Å². The number of hydrogen-bond acceptors (Lipinski definition) is 8. The second-order valence-corrected chi connectivity index (χ2v) is 14.6. The number of Topliss-reactive ketones (excluding diaryl/α,β-unsaturated/α-hetero) is 3. The maximum atomic E-state index is 11.3. The van der Waals surface area contributed by atoms with Crippen molar-refractivity contribution in [3.8, 4) is 51.0 Å². The van der Waals surface area contributed by atoms with Gasteiger partial charge in [0.05, 0.1) is 35.0 Å². The fourth-order valence-corrected chi connectivity index (χ4v) is 6.18. The van der Waals surface area contributed by atoms with Crippen LogP contribution in [0.2, 0.25) is 0 Å². The zero-order valence-electron chi connectivity index (χ0n) is 38.3. The minimum absolute atomic E-state index is 0.0186. The first-order valence-corrected chi connectivity index (χ1v) is 21.4. The van der Waals surface area contributed by atoms with Gasteiger partial charge in [-0.2, -0.15) is 0 Å². The summed E-state index contributed by atoms with van der Waals surface area (Å²) < 4.78 is 26.1. The van der Waals surface area contributed by atoms with Gasteiger partial charge >= 0.3 is 0 Å². The quantitative estimate of drug-likeness (QED) is 0.0623. The van der Waals surface area contributed by atoms with E-state index in [9.17, 15) is 14.4 Å². The lowest BCUT2D eigenvalue weighted by molar-refractivity contribution is 0.100. The molecule has 6 aromatic rings. The highest BCUT2D eigenvalue weighted by molar-refractivity contribution is 5.97. The molecule has 0 fully saturated rings. The molecule has 0 saturated heterocycles. The molecule has 0 radical (unpaired) electrons. The van der Waals surface area contributed by atoms with Crippen LogP contribution in [0.15, 0.2) is 146 Å². The van der Waals surface area contributed by atoms with E-state index >= 15 is 0 Å². The molecule has 0 aliphatic heterocycles. The summed E-state index contributed by atoms with van der Waals surface area (Å²) >= 11 is 0. The molecule has 0 amide bonds. The summed E-state index contributed by atoms with van der Waals surface area (Å²) in [4.78, 5) is 33.0. The molecule has 0 N–H and O–H groups in total. The summed E-state index contributed by atoms with van der Waals surface area (Å²) in [6.45, 7) is 7.64. The molecule has 0 atom stereocenters. The molecule has 0 saturated carbocycles. The number of ether oxygens (including phenoxy) is 5. The Bertz CT molecular complexity index is 2110. The Balaban J connectivity index is 0.000000239. The van der Waals surface area contributed by atoms with Crippen LogP contribution in [0, 0.1) is 0 Å². The summed E-state index contributed by atoms with van der Waals surface area (Å²) in [6.07, 6.45) is 9.08. The van der Waals surface area contributed by atoms with E-state index in [1.807, 2.05) is 109 Å². The molecule has 0 spiro atoms. The number of unbranched alkanes of at least 4 members (excludes halogenated alkanes) is 6. The first-order chi connectivity index (χ1) is 30.5. The zero-order valence-corrected chi connectivity index (χ0v) is 38.3. The lowest BCUT2D eigenvalue weighted by Gasteiger charge is -2.08. The highest BCUT2D eigenvalue weighted by Crippen LogP contribution is 2.26. The number of rotatable bonds is 18. The van der Waals surface area contributed by atoms with E-state index in [2.05, 4.69) is 19.1 Å². The first-order valence-electron chi connectivity index (χ1n) is 21.4. The van der Waals surface area contributed by atoms with E-state index in [-0.39, 0.29) is 17.3 Å². The van der Waals surface area contributed by atoms with Crippen LogP contribution in [-0.4, -0.2) is 52.4 Å². The van der Waals surface area contributed by atoms with Gasteiger partial charge in [-0.1, -0.05) is 143 Å². The van der Waals surface area contributed by atoms with E-state index in [1.54, 1.807) is 59.6 Å². The van der Waals surface area contributed by atoms with Gasteiger partial charge in [0, 0.05) is 16.7 Å². The van der Waals surface area contributed by atoms with Gasteiger partial charge in [0.25, 0.3) is 0 Å². The van der Waals surface area contributed by atoms with Crippen LogP contribution in [0.3, 0.4) is 0 Å². The lowest BCUT2D eigenvalue weighted by Crippen LogP contribution is -1.97. The van der Waals surface area contributed by atoms with Crippen molar-refractivity contribution >= 4 is 17.3 Å². The van der Waals surface area contributed by atoms with E-state index < -0.39 is 0 Å². The van der Waals surface area contributed by atoms with Gasteiger partial charge in [-0.3, -0.25) is 14.4 Å². The van der Waals surface area contributed by atoms with E-state index in [4.69, 9.17) is 23.7 Å². The maximum Gasteiger partial charge on any atom is 0.160 e. The van der Waals surface area contributed by atoms with E-state index in [0.29, 0.717) is 11.1 Å². The Hall–Kier alpha value is -6.67. The SMILES string of the molecule is CC(=O)c1ccc(C(C)=O)cc1.CCCCCCCCCOc1ccc(-c2ccc(C(C)=O)cc2)cc1.COc1ccc(-c2ccc(OC)cc2)cc1.COc1ccccc1OC. The Morgan fingerprint density at radius 3 is 0.984 bits per heavy atom. The number of methoxy groups -OCH3 is 4. The predicted octanol–water partition coefficient (Wildman–Crippen LogP) is 13.9. The molecule has 8 nitrogen and oxygen atoms in total. The monoisotopic (exact) mass is 852 g/mol. The molecule has 0 aromatic heterocycles. The largest absolute Gasteiger partial charge is 0.497 e. The van der Waals surface area contributed by atoms with Crippen LogP contribution < -0.4 is 23.7 Å². The minimum atomic E-state index is 0.0186. The van der Waals surface area contributed by atoms with Gasteiger partial charge in [-0.15, -0.1) is 0 Å². The van der Waals surface area contributed by atoms with Crippen LogP contribution >= 0.6 is 0 Å². The van der Waals surface area contributed by atoms with Gasteiger partial charge in [0.2, 0.25) is 0 Å². The zero-order chi connectivity index (χ0) is 45.8. The summed E-state index contributed by atoms with van der Waals surface area (Å²) in [5.41, 5.74) is 6.62. The van der Waals surface area contributed by atoms with Crippen molar-refractivity contribution in [2.24, 2.45) is 0 Å². The third kappa shape index (κ3) is 18.5. The molecule has 63 heavy (non-hydrogen) atoms. The van der Waals surface area contributed by atoms with Gasteiger partial charge in [0.15, 0.2) is 28.8 Å². The number of hydrogen-bond donors (Lipinski definition) is 0. The van der Waals surface area contributed by atoms with E-state index in [0.717, 1.165) is 58.5 Å². The van der Waals surface area contributed by atoms with Crippen molar-refractivity contribution in [2.75, 3.05) is 35.0 Å². The Labute approximate surface area is 375 Å². The number of carbonyl (C=O) groups is 3. The highest BCUT2D eigenvalue weighted by atomic mass is 16.5. The highest BCUT2D eigenvalue weighted by Gasteiger charge is 2.04. The van der Waals surface area contributed by atoms with Crippen molar-refractivity contribution in [3.63, 3.8) is 0 Å². The number of carbonyl (C=O) groups excluding carboxylic acids is 3. The van der Waals surface area contributed by atoms with Crippen molar-refractivity contribution in [1.29, 1.82) is 0 Å². The average Bonchev–Trinajstić information content (AvgIpc) is 3.33. The van der Waals surface area contributed by atoms with Crippen LogP contribution in [0.25, 0.3) is 22.3 Å². The number of ketones is 3. The molecule has 0 bridgehead atoms. The predicted molar refractivity (Wildman–Crippen MR) is 256 cm³/mol. The molecule has 0 aliphatic rings. The van der Waals surface area contributed by atoms with Gasteiger partial charge in [-0.25, -0.2) is 0 Å². The van der Waals surface area contributed by atoms with Crippen LogP contribution in [0.4, 0.5) is 0 Å². The second kappa shape index (κ2) is 28.8. The van der Waals surface area contributed by atoms with Crippen LogP contribution in [-0.2, 0) is 0 Å². The molecular formula is C55H64O8. The summed E-state index contributed by atoms with van der Waals surface area (Å²) in [5.74, 6) is 4.34. The normalized spacial score (nSPS) is 9.97. The van der Waals surface area contributed by atoms with Crippen molar-refractivity contribution in [1.82, 2.24) is 0 Å². The molecule has 8 heteroatoms. The smallest absolute Gasteiger partial charge is 0.160 e. The van der Waals surface area contributed by atoms with Crippen molar-refractivity contribution in [2.45, 2.75) is 72.6 Å². The van der Waals surface area contributed by atoms with Crippen molar-refractivity contribution in [3.05, 3.63) is 162 Å². The minimum Gasteiger partial charge on any atom is -0.497 e. The van der Waals surface area contributed by atoms with Crippen LogP contribution in [0.1, 0.15) is 104 Å². The first kappa shape index (κ1) is 50.7. The van der Waals surface area contributed by atoms with Gasteiger partial charge in [0.1, 0.15) is 17.2 Å². The van der Waals surface area contributed by atoms with Gasteiger partial charge in [-0.05, 0) is 98.0 Å². The Morgan fingerprint density at radius 2 is 0.667 bits per heavy atom. The average molecular weight is 853 g/mol. The maximum absolute atomic E-state index is 11.3. The third-order valence-corrected chi connectivity index (χ3v) is 10.00. The van der Waals surface area contributed by atoms with Gasteiger partial charge < -0.3 is 23.7 Å². The molecule has 0 heterocycles. The molecule has 6 aromatic carbocycles. The third-order valence-electron chi connectivity index (χ3n) is 10.00. The molecule has 0 unspecified atom stereocenters. The number of para-hydroxylation sites is 2. The number of benzene rings is 6. The summed E-state index contributed by atoms with van der Waals surface area (Å²) in [5, 5.41) is 0. The Morgan fingerprint density at radius 1 is 0.365 bits per heavy atom. The van der Waals surface area contributed by atoms with Crippen molar-refractivity contribution < 1.29 is 38.1 Å². The molecule has 0 aliphatic carbocycles. The van der Waals surface area contributed by atoms with E-state index in [1.165, 1.54) is 63.5 Å². The topological polar surface area (TPSA) is 97.4 Å². The Kier molecular flexibility index (Phi) is 23.2. The standard InChI is InChI=1S/C23H30O2.C14H14O2.C10H10O2.C8H10O2/c1-3-4-5-6-7-8-9-18-25-23-16-14-22(15-17-23)21-12-10-20(11-13-21)19(2)24;1-15-13-7-3-11(4-8-13)12-5-9-14(16-2)10-6-12;1-7(11)9-3-5-10(6-4-9)8(2)12;1-9-7-5-3-4-6-8(7)10-2/h10-17H,3-9,18H2,1-2H3;3-10H,1-2H3;3-6H,1-2H3;3-6H,1-2H3. The summed E-state index contributed by atoms with van der Waals surface area (Å²) in [6, 6.07) is 46.1. The second-order valence-electron chi connectivity index (χ2n) is 14.6. The molecule has 332 valence electrons.